The molecular formula is C13H23ClN2S. The van der Waals surface area contributed by atoms with E-state index in [0.717, 1.165) is 36.3 Å². The maximum atomic E-state index is 5.88. The predicted octanol–water partition coefficient (Wildman–Crippen LogP) is 3.50. The van der Waals surface area contributed by atoms with Gasteiger partial charge in [-0.3, -0.25) is 0 Å². The lowest BCUT2D eigenvalue weighted by Gasteiger charge is -2.16. The maximum Gasteiger partial charge on any atom is 0.0931 e. The molecule has 1 aromatic rings. The number of thiophene rings is 1. The number of hydrogen-bond acceptors (Lipinski definition) is 3. The van der Waals surface area contributed by atoms with Crippen molar-refractivity contribution < 1.29 is 0 Å². The van der Waals surface area contributed by atoms with Crippen LogP contribution < -0.4 is 11.1 Å². The first-order chi connectivity index (χ1) is 8.11. The first-order valence-corrected chi connectivity index (χ1v) is 7.46. The molecule has 0 fully saturated rings. The van der Waals surface area contributed by atoms with Crippen molar-refractivity contribution in [3.8, 4) is 0 Å². The quantitative estimate of drug-likeness (QED) is 0.712. The van der Waals surface area contributed by atoms with Gasteiger partial charge in [0.05, 0.1) is 4.34 Å². The lowest BCUT2D eigenvalue weighted by Crippen LogP contribution is -2.23. The molecule has 1 unspecified atom stereocenters. The van der Waals surface area contributed by atoms with Gasteiger partial charge in [0.25, 0.3) is 0 Å². The highest BCUT2D eigenvalue weighted by molar-refractivity contribution is 7.16. The van der Waals surface area contributed by atoms with E-state index in [1.54, 1.807) is 11.3 Å². The van der Waals surface area contributed by atoms with Crippen LogP contribution in [0, 0.1) is 11.8 Å². The van der Waals surface area contributed by atoms with Crippen LogP contribution in [0.2, 0.25) is 4.34 Å². The van der Waals surface area contributed by atoms with E-state index in [-0.39, 0.29) is 0 Å². The topological polar surface area (TPSA) is 38.0 Å². The van der Waals surface area contributed by atoms with Gasteiger partial charge in [0.2, 0.25) is 0 Å². The Morgan fingerprint density at radius 2 is 2.18 bits per heavy atom. The van der Waals surface area contributed by atoms with Gasteiger partial charge in [-0.2, -0.15) is 0 Å². The van der Waals surface area contributed by atoms with Crippen molar-refractivity contribution in [1.82, 2.24) is 5.32 Å². The van der Waals surface area contributed by atoms with E-state index in [9.17, 15) is 0 Å². The van der Waals surface area contributed by atoms with Crippen molar-refractivity contribution in [3.63, 3.8) is 0 Å². The lowest BCUT2D eigenvalue weighted by molar-refractivity contribution is 0.386. The number of nitrogens with two attached hydrogens (primary N) is 1. The molecule has 0 spiro atoms. The summed E-state index contributed by atoms with van der Waals surface area (Å²) in [6, 6.07) is 4.03. The second-order valence-electron chi connectivity index (χ2n) is 4.90. The number of nitrogens with one attached hydrogen (secondary N) is 1. The summed E-state index contributed by atoms with van der Waals surface area (Å²) in [5.74, 6) is 1.38. The van der Waals surface area contributed by atoms with Gasteiger partial charge in [-0.25, -0.2) is 0 Å². The summed E-state index contributed by atoms with van der Waals surface area (Å²) in [5.41, 5.74) is 5.77. The summed E-state index contributed by atoms with van der Waals surface area (Å²) < 4.78 is 0.862. The van der Waals surface area contributed by atoms with E-state index >= 15 is 0 Å². The van der Waals surface area contributed by atoms with Crippen molar-refractivity contribution in [3.05, 3.63) is 21.3 Å². The molecule has 0 saturated heterocycles. The van der Waals surface area contributed by atoms with Crippen LogP contribution in [-0.2, 0) is 6.54 Å². The van der Waals surface area contributed by atoms with Gasteiger partial charge in [0.1, 0.15) is 0 Å². The van der Waals surface area contributed by atoms with Crippen LogP contribution in [0.3, 0.4) is 0 Å². The zero-order chi connectivity index (χ0) is 12.7. The Bertz CT molecular complexity index is 312. The van der Waals surface area contributed by atoms with Gasteiger partial charge in [-0.05, 0) is 49.9 Å². The summed E-state index contributed by atoms with van der Waals surface area (Å²) >= 11 is 7.52. The van der Waals surface area contributed by atoms with Crippen LogP contribution in [0.5, 0.6) is 0 Å². The SMILES string of the molecule is CC(C)CC(CN)CCNCc1ccc(Cl)s1. The van der Waals surface area contributed by atoms with Crippen molar-refractivity contribution in [2.24, 2.45) is 17.6 Å². The van der Waals surface area contributed by atoms with Gasteiger partial charge in [0, 0.05) is 11.4 Å². The van der Waals surface area contributed by atoms with Crippen molar-refractivity contribution in [1.29, 1.82) is 0 Å². The molecule has 17 heavy (non-hydrogen) atoms. The molecule has 0 aliphatic carbocycles. The Balaban J connectivity index is 2.14. The summed E-state index contributed by atoms with van der Waals surface area (Å²) in [7, 11) is 0. The third-order valence-electron chi connectivity index (χ3n) is 2.80. The van der Waals surface area contributed by atoms with Crippen LogP contribution in [0.25, 0.3) is 0 Å². The second-order valence-corrected chi connectivity index (χ2v) is 6.70. The Labute approximate surface area is 114 Å². The van der Waals surface area contributed by atoms with Crippen LogP contribution in [0.1, 0.15) is 31.6 Å². The number of rotatable bonds is 8. The standard InChI is InChI=1S/C13H23ClN2S/c1-10(2)7-11(8-15)5-6-16-9-12-3-4-13(14)17-12/h3-4,10-11,16H,5-9,15H2,1-2H3. The van der Waals surface area contributed by atoms with Gasteiger partial charge in [0.15, 0.2) is 0 Å². The van der Waals surface area contributed by atoms with Gasteiger partial charge >= 0.3 is 0 Å². The zero-order valence-electron chi connectivity index (χ0n) is 10.7. The molecule has 0 aromatic carbocycles. The van der Waals surface area contributed by atoms with Crippen molar-refractivity contribution >= 4 is 22.9 Å². The molecule has 3 N–H and O–H groups in total. The molecule has 0 aliphatic rings. The fourth-order valence-electron chi connectivity index (χ4n) is 1.96. The number of halogens is 1. The van der Waals surface area contributed by atoms with E-state index in [1.807, 2.05) is 6.07 Å². The van der Waals surface area contributed by atoms with E-state index in [4.69, 9.17) is 17.3 Å². The fraction of sp³-hybridized carbons (Fsp3) is 0.692. The summed E-state index contributed by atoms with van der Waals surface area (Å²) in [6.07, 6.45) is 2.39. The molecule has 0 radical (unpaired) electrons. The lowest BCUT2D eigenvalue weighted by atomic mass is 9.94. The smallest absolute Gasteiger partial charge is 0.0931 e. The molecule has 0 bridgehead atoms. The van der Waals surface area contributed by atoms with Crippen LogP contribution in [-0.4, -0.2) is 13.1 Å². The molecule has 0 aliphatic heterocycles. The number of hydrogen-bond donors (Lipinski definition) is 2. The van der Waals surface area contributed by atoms with Crippen LogP contribution >= 0.6 is 22.9 Å². The van der Waals surface area contributed by atoms with E-state index < -0.39 is 0 Å². The van der Waals surface area contributed by atoms with Crippen LogP contribution in [0.15, 0.2) is 12.1 Å². The molecule has 2 nitrogen and oxygen atoms in total. The largest absolute Gasteiger partial charge is 0.330 e. The van der Waals surface area contributed by atoms with Crippen molar-refractivity contribution in [2.45, 2.75) is 33.2 Å². The Morgan fingerprint density at radius 3 is 2.71 bits per heavy atom. The first-order valence-electron chi connectivity index (χ1n) is 6.26. The van der Waals surface area contributed by atoms with E-state index in [1.165, 1.54) is 11.3 Å². The minimum atomic E-state index is 0.648. The van der Waals surface area contributed by atoms with Gasteiger partial charge in [-0.15, -0.1) is 11.3 Å². The average Bonchev–Trinajstić information content (AvgIpc) is 2.68. The molecule has 98 valence electrons. The second kappa shape index (κ2) is 8.09. The molecular weight excluding hydrogens is 252 g/mol. The molecule has 1 aromatic heterocycles. The van der Waals surface area contributed by atoms with Crippen molar-refractivity contribution in [2.75, 3.05) is 13.1 Å². The molecule has 0 saturated carbocycles. The highest BCUT2D eigenvalue weighted by Crippen LogP contribution is 2.21. The van der Waals surface area contributed by atoms with Crippen LogP contribution in [0.4, 0.5) is 0 Å². The zero-order valence-corrected chi connectivity index (χ0v) is 12.3. The Morgan fingerprint density at radius 1 is 1.41 bits per heavy atom. The normalized spacial score (nSPS) is 13.2. The highest BCUT2D eigenvalue weighted by Gasteiger charge is 2.08. The molecule has 0 amide bonds. The molecule has 4 heteroatoms. The summed E-state index contributed by atoms with van der Waals surface area (Å²) in [6.45, 7) is 7.25. The maximum absolute atomic E-state index is 5.88. The summed E-state index contributed by atoms with van der Waals surface area (Å²) in [4.78, 5) is 1.29. The predicted molar refractivity (Wildman–Crippen MR) is 77.7 cm³/mol. The third-order valence-corrected chi connectivity index (χ3v) is 4.03. The molecule has 1 rings (SSSR count). The van der Waals surface area contributed by atoms with Gasteiger partial charge < -0.3 is 11.1 Å². The Hall–Kier alpha value is -0.0900. The average molecular weight is 275 g/mol. The summed E-state index contributed by atoms with van der Waals surface area (Å²) in [5, 5.41) is 3.45. The third kappa shape index (κ3) is 6.41. The van der Waals surface area contributed by atoms with E-state index in [0.29, 0.717) is 5.92 Å². The minimum absolute atomic E-state index is 0.648. The van der Waals surface area contributed by atoms with E-state index in [2.05, 4.69) is 25.2 Å². The Kier molecular flexibility index (Phi) is 7.12. The van der Waals surface area contributed by atoms with Gasteiger partial charge in [-0.1, -0.05) is 25.4 Å². The molecule has 1 atom stereocenters. The monoisotopic (exact) mass is 274 g/mol. The first kappa shape index (κ1) is 15.0. The minimum Gasteiger partial charge on any atom is -0.330 e. The molecule has 1 heterocycles. The highest BCUT2D eigenvalue weighted by atomic mass is 35.5. The fourth-order valence-corrected chi connectivity index (χ4v) is 3.02.